The highest BCUT2D eigenvalue weighted by molar-refractivity contribution is 7.91. The molecule has 9 heteroatoms. The molecule has 1 aliphatic carbocycles. The van der Waals surface area contributed by atoms with Crippen LogP contribution in [0.25, 0.3) is 0 Å². The molecule has 3 aliphatic rings. The van der Waals surface area contributed by atoms with Gasteiger partial charge in [-0.05, 0) is 43.7 Å². The number of nitrogens with zero attached hydrogens (tertiary/aromatic N) is 3. The van der Waals surface area contributed by atoms with Gasteiger partial charge in [-0.25, -0.2) is 8.42 Å². The average molecular weight is 454 g/mol. The van der Waals surface area contributed by atoms with Crippen LogP contribution in [0.1, 0.15) is 49.8 Å². The number of carbonyl (C=O) groups is 2. The normalized spacial score (nSPS) is 21.5. The maximum atomic E-state index is 12.7. The predicted octanol–water partition coefficient (Wildman–Crippen LogP) is 2.33. The van der Waals surface area contributed by atoms with Crippen LogP contribution < -0.4 is 0 Å². The van der Waals surface area contributed by atoms with Gasteiger partial charge in [0, 0.05) is 50.6 Å². The second kappa shape index (κ2) is 9.36. The molecule has 0 N–H and O–H groups in total. The predicted molar refractivity (Wildman–Crippen MR) is 116 cm³/mol. The average Bonchev–Trinajstić information content (AvgIpc) is 3.50. The molecule has 166 valence electrons. The number of hydrogen-bond acceptors (Lipinski definition) is 5. The van der Waals surface area contributed by atoms with E-state index in [9.17, 15) is 18.0 Å². The van der Waals surface area contributed by atoms with Crippen LogP contribution in [0.3, 0.4) is 0 Å². The number of carbonyl (C=O) groups excluding carboxylic acids is 2. The van der Waals surface area contributed by atoms with Gasteiger partial charge in [-0.2, -0.15) is 4.31 Å². The van der Waals surface area contributed by atoms with E-state index in [1.54, 1.807) is 17.0 Å². The van der Waals surface area contributed by atoms with Crippen molar-refractivity contribution in [2.45, 2.75) is 55.6 Å². The first-order valence-electron chi connectivity index (χ1n) is 11.1. The topological polar surface area (TPSA) is 78.0 Å². The molecule has 7 nitrogen and oxygen atoms in total. The summed E-state index contributed by atoms with van der Waals surface area (Å²) in [5.74, 6) is 0.774. The van der Waals surface area contributed by atoms with E-state index in [2.05, 4.69) is 0 Å². The number of piperazine rings is 1. The first kappa shape index (κ1) is 21.8. The molecule has 3 fully saturated rings. The Balaban J connectivity index is 1.27. The first-order valence-corrected chi connectivity index (χ1v) is 13.3. The lowest BCUT2D eigenvalue weighted by molar-refractivity contribution is -0.139. The van der Waals surface area contributed by atoms with Crippen molar-refractivity contribution in [1.82, 2.24) is 14.1 Å². The zero-order valence-electron chi connectivity index (χ0n) is 17.4. The van der Waals surface area contributed by atoms with Crippen molar-refractivity contribution < 1.29 is 18.0 Å². The highest BCUT2D eigenvalue weighted by Gasteiger charge is 2.30. The standard InChI is InChI=1S/C21H31N3O4S2/c25-19(15-17-5-1-2-6-17)22-11-13-23(14-12-22)20(26)16-18-7-8-21(29-18)30(27,28)24-9-3-4-10-24/h7-8,17H,1-6,9-16H2. The van der Waals surface area contributed by atoms with Crippen molar-refractivity contribution in [2.24, 2.45) is 5.92 Å². The van der Waals surface area contributed by atoms with Crippen LogP contribution in [-0.2, 0) is 26.0 Å². The monoisotopic (exact) mass is 453 g/mol. The van der Waals surface area contributed by atoms with Gasteiger partial charge in [0.15, 0.2) is 0 Å². The van der Waals surface area contributed by atoms with Gasteiger partial charge in [-0.15, -0.1) is 11.3 Å². The summed E-state index contributed by atoms with van der Waals surface area (Å²) in [5.41, 5.74) is 0. The third-order valence-corrected chi connectivity index (χ3v) is 10.00. The zero-order chi connectivity index (χ0) is 21.1. The fraction of sp³-hybridized carbons (Fsp3) is 0.714. The second-order valence-corrected chi connectivity index (χ2v) is 12.0. The third-order valence-electron chi connectivity index (χ3n) is 6.54. The minimum absolute atomic E-state index is 0.00450. The molecule has 0 unspecified atom stereocenters. The van der Waals surface area contributed by atoms with E-state index in [1.807, 2.05) is 4.90 Å². The molecular formula is C21H31N3O4S2. The molecule has 0 aromatic carbocycles. The number of sulfonamides is 1. The molecule has 1 saturated carbocycles. The summed E-state index contributed by atoms with van der Waals surface area (Å²) in [5, 5.41) is 0. The molecular weight excluding hydrogens is 422 g/mol. The van der Waals surface area contributed by atoms with Crippen molar-refractivity contribution in [1.29, 1.82) is 0 Å². The summed E-state index contributed by atoms with van der Waals surface area (Å²) < 4.78 is 27.2. The lowest BCUT2D eigenvalue weighted by atomic mass is 10.0. The van der Waals surface area contributed by atoms with E-state index in [4.69, 9.17) is 0 Å². The largest absolute Gasteiger partial charge is 0.339 e. The lowest BCUT2D eigenvalue weighted by Gasteiger charge is -2.35. The Morgan fingerprint density at radius 2 is 1.47 bits per heavy atom. The van der Waals surface area contributed by atoms with Crippen LogP contribution in [0.5, 0.6) is 0 Å². The van der Waals surface area contributed by atoms with Crippen LogP contribution in [0.15, 0.2) is 16.3 Å². The molecule has 0 bridgehead atoms. The summed E-state index contributed by atoms with van der Waals surface area (Å²) in [6.45, 7) is 3.46. The molecule has 1 aromatic heterocycles. The molecule has 2 amide bonds. The van der Waals surface area contributed by atoms with E-state index in [-0.39, 0.29) is 18.2 Å². The Kier molecular flexibility index (Phi) is 6.79. The SMILES string of the molecule is O=C(Cc1ccc(S(=O)(=O)N2CCCC2)s1)N1CCN(C(=O)CC2CCCC2)CC1. The van der Waals surface area contributed by atoms with Gasteiger partial charge in [0.1, 0.15) is 4.21 Å². The maximum Gasteiger partial charge on any atom is 0.252 e. The van der Waals surface area contributed by atoms with Gasteiger partial charge in [0.05, 0.1) is 6.42 Å². The van der Waals surface area contributed by atoms with Crippen LogP contribution >= 0.6 is 11.3 Å². The number of thiophene rings is 1. The van der Waals surface area contributed by atoms with Crippen molar-refractivity contribution in [3.8, 4) is 0 Å². The summed E-state index contributed by atoms with van der Waals surface area (Å²) >= 11 is 1.20. The summed E-state index contributed by atoms with van der Waals surface area (Å²) in [6.07, 6.45) is 7.50. The Bertz CT molecular complexity index is 863. The van der Waals surface area contributed by atoms with Crippen LogP contribution in [0.2, 0.25) is 0 Å². The quantitative estimate of drug-likeness (QED) is 0.662. The lowest BCUT2D eigenvalue weighted by Crippen LogP contribution is -2.51. The van der Waals surface area contributed by atoms with Crippen molar-refractivity contribution >= 4 is 33.2 Å². The number of amides is 2. The highest BCUT2D eigenvalue weighted by atomic mass is 32.2. The third kappa shape index (κ3) is 4.89. The molecule has 2 aliphatic heterocycles. The van der Waals surface area contributed by atoms with Gasteiger partial charge < -0.3 is 9.80 Å². The molecule has 3 heterocycles. The molecule has 4 rings (SSSR count). The molecule has 0 spiro atoms. The Morgan fingerprint density at radius 1 is 0.867 bits per heavy atom. The van der Waals surface area contributed by atoms with Gasteiger partial charge in [0.2, 0.25) is 11.8 Å². The summed E-state index contributed by atoms with van der Waals surface area (Å²) in [4.78, 5) is 29.7. The zero-order valence-corrected chi connectivity index (χ0v) is 19.1. The summed E-state index contributed by atoms with van der Waals surface area (Å²) in [7, 11) is -3.42. The van der Waals surface area contributed by atoms with Crippen LogP contribution in [0.4, 0.5) is 0 Å². The minimum Gasteiger partial charge on any atom is -0.339 e. The summed E-state index contributed by atoms with van der Waals surface area (Å²) in [6, 6.07) is 3.38. The fourth-order valence-corrected chi connectivity index (χ4v) is 7.72. The van der Waals surface area contributed by atoms with Crippen molar-refractivity contribution in [2.75, 3.05) is 39.3 Å². The van der Waals surface area contributed by atoms with Gasteiger partial charge >= 0.3 is 0 Å². The van der Waals surface area contributed by atoms with Crippen molar-refractivity contribution in [3.05, 3.63) is 17.0 Å². The van der Waals surface area contributed by atoms with Crippen molar-refractivity contribution in [3.63, 3.8) is 0 Å². The minimum atomic E-state index is -3.42. The number of hydrogen-bond donors (Lipinski definition) is 0. The molecule has 2 saturated heterocycles. The van der Waals surface area contributed by atoms with Gasteiger partial charge in [-0.1, -0.05) is 12.8 Å². The van der Waals surface area contributed by atoms with Crippen LogP contribution in [-0.4, -0.2) is 73.6 Å². The first-order chi connectivity index (χ1) is 14.4. The Labute approximate surface area is 183 Å². The van der Waals surface area contributed by atoms with E-state index in [0.29, 0.717) is 55.8 Å². The maximum absolute atomic E-state index is 12.7. The molecule has 1 aromatic rings. The fourth-order valence-electron chi connectivity index (χ4n) is 4.70. The second-order valence-electron chi connectivity index (χ2n) is 8.62. The Morgan fingerprint density at radius 3 is 2.10 bits per heavy atom. The van der Waals surface area contributed by atoms with Gasteiger partial charge in [-0.3, -0.25) is 9.59 Å². The Hall–Kier alpha value is -1.45. The van der Waals surface area contributed by atoms with E-state index < -0.39 is 10.0 Å². The van der Waals surface area contributed by atoms with Gasteiger partial charge in [0.25, 0.3) is 10.0 Å². The highest BCUT2D eigenvalue weighted by Crippen LogP contribution is 2.29. The van der Waals surface area contributed by atoms with Crippen LogP contribution in [0, 0.1) is 5.92 Å². The van der Waals surface area contributed by atoms with E-state index in [0.717, 1.165) is 17.7 Å². The van der Waals surface area contributed by atoms with E-state index >= 15 is 0 Å². The molecule has 0 radical (unpaired) electrons. The molecule has 0 atom stereocenters. The smallest absolute Gasteiger partial charge is 0.252 e. The molecule has 30 heavy (non-hydrogen) atoms. The number of rotatable bonds is 6. The van der Waals surface area contributed by atoms with E-state index in [1.165, 1.54) is 41.3 Å².